The van der Waals surface area contributed by atoms with Crippen LogP contribution in [0.15, 0.2) is 89.2 Å². The molecule has 0 bridgehead atoms. The number of alkyl halides is 1. The van der Waals surface area contributed by atoms with Crippen LogP contribution in [-0.4, -0.2) is 88.4 Å². The third-order valence-corrected chi connectivity index (χ3v) is 11.5. The van der Waals surface area contributed by atoms with Crippen LogP contribution in [0.1, 0.15) is 71.5 Å². The molecule has 0 spiro atoms. The molecular weight excluding hydrogens is 735 g/mol. The molecule has 2 atom stereocenters. The fourth-order valence-corrected chi connectivity index (χ4v) is 8.73. The van der Waals surface area contributed by atoms with Crippen LogP contribution in [0, 0.1) is 17.5 Å². The summed E-state index contributed by atoms with van der Waals surface area (Å²) < 4.78 is 68.3. The zero-order chi connectivity index (χ0) is 40.0. The van der Waals surface area contributed by atoms with E-state index in [2.05, 4.69) is 21.2 Å². The summed E-state index contributed by atoms with van der Waals surface area (Å²) in [5, 5.41) is 7.92. The Morgan fingerprint density at radius 1 is 0.912 bits per heavy atom. The Morgan fingerprint density at radius 3 is 2.35 bits per heavy atom. The summed E-state index contributed by atoms with van der Waals surface area (Å²) in [4.78, 5) is 31.3. The van der Waals surface area contributed by atoms with Gasteiger partial charge in [0.25, 0.3) is 11.5 Å². The minimum Gasteiger partial charge on any atom is -0.492 e. The van der Waals surface area contributed by atoms with E-state index in [0.29, 0.717) is 74.0 Å². The van der Waals surface area contributed by atoms with E-state index in [1.54, 1.807) is 29.2 Å². The molecule has 2 aliphatic heterocycles. The number of carbonyl (C=O) groups excluding carboxylic acids is 1. The van der Waals surface area contributed by atoms with Gasteiger partial charge in [-0.1, -0.05) is 48.5 Å². The number of halogens is 4. The van der Waals surface area contributed by atoms with Gasteiger partial charge in [0.15, 0.2) is 0 Å². The van der Waals surface area contributed by atoms with Crippen LogP contribution in [0.25, 0.3) is 16.3 Å². The molecule has 57 heavy (non-hydrogen) atoms. The number of nitrogens with zero attached hydrogens (tertiary/aromatic N) is 4. The highest BCUT2D eigenvalue weighted by molar-refractivity contribution is 5.95. The second-order valence-corrected chi connectivity index (χ2v) is 16.0. The van der Waals surface area contributed by atoms with Gasteiger partial charge in [0.2, 0.25) is 0 Å². The maximum Gasteiger partial charge on any atom is 0.272 e. The summed E-state index contributed by atoms with van der Waals surface area (Å²) in [7, 11) is 0. The number of H-pyrrole nitrogens is 1. The van der Waals surface area contributed by atoms with Gasteiger partial charge in [-0.3, -0.25) is 19.4 Å². The molecule has 1 N–H and O–H groups in total. The standard InChI is InChI=1S/C45H45F4N5O3/c1-27-20-34-31-9-5-4-8-29(31)23-35(34)42(54(27)26-45(2,3)49)41-38(47)24-30(25-39(41)48)57-19-18-52-14-16-53(17-15-52)44(56)36-21-28(12-13-37(36)46)22-40-32-10-6-7-11-33(32)43(55)51-50-40/h4-13,21,24-25,27,42H,14-20,22-23,26H2,1-3H3,(H,51,55)/t27-,42+/m0/s1. The quantitative estimate of drug-likeness (QED) is 0.147. The molecule has 5 aromatic rings. The average Bonchev–Trinajstić information content (AvgIpc) is 3.55. The van der Waals surface area contributed by atoms with E-state index in [-0.39, 0.29) is 41.6 Å². The highest BCUT2D eigenvalue weighted by atomic mass is 19.1. The number of carbonyl (C=O) groups is 1. The second kappa shape index (κ2) is 15.5. The van der Waals surface area contributed by atoms with Gasteiger partial charge in [-0.15, -0.1) is 0 Å². The molecule has 1 amide bonds. The summed E-state index contributed by atoms with van der Waals surface area (Å²) in [6.45, 7) is 7.33. The van der Waals surface area contributed by atoms with E-state index >= 15 is 17.6 Å². The Labute approximate surface area is 328 Å². The van der Waals surface area contributed by atoms with E-state index in [9.17, 15) is 9.59 Å². The fourth-order valence-electron chi connectivity index (χ4n) is 8.73. The molecule has 4 aromatic carbocycles. The first-order chi connectivity index (χ1) is 27.3. The highest BCUT2D eigenvalue weighted by Gasteiger charge is 2.43. The van der Waals surface area contributed by atoms with E-state index in [1.807, 2.05) is 42.2 Å². The van der Waals surface area contributed by atoms with Crippen molar-refractivity contribution < 1.29 is 27.1 Å². The van der Waals surface area contributed by atoms with Crippen molar-refractivity contribution in [3.05, 3.63) is 146 Å². The minimum atomic E-state index is -1.58. The van der Waals surface area contributed by atoms with Gasteiger partial charge in [0.1, 0.15) is 35.5 Å². The lowest BCUT2D eigenvalue weighted by molar-refractivity contribution is 0.0615. The number of benzene rings is 4. The van der Waals surface area contributed by atoms with Gasteiger partial charge in [-0.2, -0.15) is 5.10 Å². The number of piperazine rings is 1. The summed E-state index contributed by atoms with van der Waals surface area (Å²) in [6, 6.07) is 21.1. The van der Waals surface area contributed by atoms with Gasteiger partial charge >= 0.3 is 0 Å². The van der Waals surface area contributed by atoms with Crippen LogP contribution in [0.5, 0.6) is 5.75 Å². The van der Waals surface area contributed by atoms with Crippen molar-refractivity contribution in [3.8, 4) is 5.75 Å². The van der Waals surface area contributed by atoms with Crippen LogP contribution in [-0.2, 0) is 12.8 Å². The maximum absolute atomic E-state index is 16.1. The van der Waals surface area contributed by atoms with Crippen LogP contribution < -0.4 is 10.3 Å². The number of fused-ring (bicyclic) bond motifs is 3. The van der Waals surface area contributed by atoms with Crippen LogP contribution in [0.4, 0.5) is 17.6 Å². The van der Waals surface area contributed by atoms with Crippen molar-refractivity contribution in [2.24, 2.45) is 0 Å². The zero-order valence-electron chi connectivity index (χ0n) is 32.3. The van der Waals surface area contributed by atoms with Gasteiger partial charge < -0.3 is 9.64 Å². The second-order valence-electron chi connectivity index (χ2n) is 16.0. The maximum atomic E-state index is 16.1. The normalized spacial score (nSPS) is 18.9. The predicted octanol–water partition coefficient (Wildman–Crippen LogP) is 7.66. The number of hydrogen-bond donors (Lipinski definition) is 1. The number of hydrogen-bond acceptors (Lipinski definition) is 6. The van der Waals surface area contributed by atoms with Crippen molar-refractivity contribution in [2.45, 2.75) is 57.8 Å². The van der Waals surface area contributed by atoms with Gasteiger partial charge in [0, 0.05) is 74.8 Å². The van der Waals surface area contributed by atoms with Crippen molar-refractivity contribution in [3.63, 3.8) is 0 Å². The first-order valence-electron chi connectivity index (χ1n) is 19.5. The van der Waals surface area contributed by atoms with Crippen LogP contribution >= 0.6 is 0 Å². The first kappa shape index (κ1) is 38.5. The first-order valence-corrected chi connectivity index (χ1v) is 19.5. The zero-order valence-corrected chi connectivity index (χ0v) is 32.3. The summed E-state index contributed by atoms with van der Waals surface area (Å²) in [6.07, 6.45) is 1.52. The Balaban J connectivity index is 0.900. The largest absolute Gasteiger partial charge is 0.492 e. The third kappa shape index (κ3) is 7.85. The number of aromatic amines is 1. The van der Waals surface area contributed by atoms with E-state index in [1.165, 1.54) is 32.0 Å². The number of rotatable bonds is 10. The number of nitrogens with one attached hydrogen (secondary N) is 1. The summed E-state index contributed by atoms with van der Waals surface area (Å²) >= 11 is 0. The summed E-state index contributed by atoms with van der Waals surface area (Å²) in [5.74, 6) is -2.44. The molecule has 1 saturated heterocycles. The van der Waals surface area contributed by atoms with E-state index in [4.69, 9.17) is 4.74 Å². The lowest BCUT2D eigenvalue weighted by Crippen LogP contribution is -2.49. The minimum absolute atomic E-state index is 0.0247. The Bertz CT molecular complexity index is 2410. The number of aromatic nitrogens is 2. The van der Waals surface area contributed by atoms with E-state index < -0.39 is 35.1 Å². The highest BCUT2D eigenvalue weighted by Crippen LogP contribution is 2.50. The molecule has 1 aliphatic carbocycles. The molecule has 0 saturated carbocycles. The number of ether oxygens (including phenoxy) is 1. The van der Waals surface area contributed by atoms with Gasteiger partial charge in [-0.25, -0.2) is 22.7 Å². The molecule has 8 nitrogen and oxygen atoms in total. The average molecular weight is 780 g/mol. The van der Waals surface area contributed by atoms with Crippen LogP contribution in [0.3, 0.4) is 0 Å². The molecule has 1 aromatic heterocycles. The Morgan fingerprint density at radius 2 is 1.61 bits per heavy atom. The molecule has 0 unspecified atom stereocenters. The smallest absolute Gasteiger partial charge is 0.272 e. The molecule has 8 rings (SSSR count). The lowest BCUT2D eigenvalue weighted by atomic mass is 9.84. The van der Waals surface area contributed by atoms with Crippen molar-refractivity contribution in [1.82, 2.24) is 24.9 Å². The van der Waals surface area contributed by atoms with Crippen LogP contribution in [0.2, 0.25) is 0 Å². The number of amides is 1. The molecule has 12 heteroatoms. The molecule has 0 radical (unpaired) electrons. The van der Waals surface area contributed by atoms with Crippen molar-refractivity contribution in [2.75, 3.05) is 45.9 Å². The summed E-state index contributed by atoms with van der Waals surface area (Å²) in [5.41, 5.74) is 3.51. The Hall–Kier alpha value is -5.33. The van der Waals surface area contributed by atoms with Crippen molar-refractivity contribution >= 4 is 22.3 Å². The third-order valence-electron chi connectivity index (χ3n) is 11.5. The lowest BCUT2D eigenvalue weighted by Gasteiger charge is -2.44. The molecular formula is C45H45F4N5O3. The molecule has 3 heterocycles. The van der Waals surface area contributed by atoms with E-state index in [0.717, 1.165) is 22.3 Å². The predicted molar refractivity (Wildman–Crippen MR) is 212 cm³/mol. The molecule has 296 valence electrons. The Kier molecular flexibility index (Phi) is 10.5. The SMILES string of the molecule is C[C@H]1CC2=C(Cc3ccccc32)[C@H](c2c(F)cc(OCCN3CCN(C(=O)c4cc(Cc5n[nH]c(=O)c6ccccc56)ccc4F)CC3)cc2F)N1CC(C)(C)F. The monoisotopic (exact) mass is 779 g/mol. The van der Waals surface area contributed by atoms with Gasteiger partial charge in [0.05, 0.1) is 22.7 Å². The molecule has 1 fully saturated rings. The molecule has 3 aliphatic rings. The van der Waals surface area contributed by atoms with Crippen molar-refractivity contribution in [1.29, 1.82) is 0 Å². The topological polar surface area (TPSA) is 81.8 Å². The fraction of sp³-hybridized carbons (Fsp3) is 0.356. The van der Waals surface area contributed by atoms with Gasteiger partial charge in [-0.05, 0) is 79.6 Å².